The molecule has 0 amide bonds. The zero-order valence-corrected chi connectivity index (χ0v) is 18.2. The van der Waals surface area contributed by atoms with E-state index in [2.05, 4.69) is 80.2 Å². The van der Waals surface area contributed by atoms with Gasteiger partial charge in [0.15, 0.2) is 5.96 Å². The van der Waals surface area contributed by atoms with Crippen LogP contribution in [0.3, 0.4) is 0 Å². The average molecular weight is 417 g/mol. The zero-order valence-electron chi connectivity index (χ0n) is 18.2. The molecular formula is C25H32N6. The highest BCUT2D eigenvalue weighted by Gasteiger charge is 2.24. The van der Waals surface area contributed by atoms with Crippen LogP contribution in [-0.4, -0.2) is 46.8 Å². The minimum absolute atomic E-state index is 0.538. The molecule has 6 heteroatoms. The van der Waals surface area contributed by atoms with Gasteiger partial charge in [-0.1, -0.05) is 54.6 Å². The van der Waals surface area contributed by atoms with E-state index in [1.165, 1.54) is 29.5 Å². The van der Waals surface area contributed by atoms with E-state index in [-0.39, 0.29) is 0 Å². The monoisotopic (exact) mass is 416 g/mol. The van der Waals surface area contributed by atoms with E-state index in [0.717, 1.165) is 38.7 Å². The number of benzene rings is 2. The van der Waals surface area contributed by atoms with Crippen molar-refractivity contribution in [3.05, 3.63) is 89.7 Å². The molecular weight excluding hydrogens is 384 g/mol. The van der Waals surface area contributed by atoms with E-state index in [4.69, 9.17) is 0 Å². The lowest BCUT2D eigenvalue weighted by atomic mass is 10.1. The molecule has 2 heterocycles. The minimum atomic E-state index is 0.538. The molecule has 162 valence electrons. The number of hydrogen-bond donors (Lipinski definition) is 2. The Labute approximate surface area is 185 Å². The molecule has 2 aromatic carbocycles. The van der Waals surface area contributed by atoms with Gasteiger partial charge >= 0.3 is 0 Å². The Kier molecular flexibility index (Phi) is 7.34. The van der Waals surface area contributed by atoms with Gasteiger partial charge in [-0.15, -0.1) is 0 Å². The highest BCUT2D eigenvalue weighted by atomic mass is 15.3. The Morgan fingerprint density at radius 2 is 1.84 bits per heavy atom. The Morgan fingerprint density at radius 3 is 2.65 bits per heavy atom. The summed E-state index contributed by atoms with van der Waals surface area (Å²) in [6.07, 6.45) is 6.29. The van der Waals surface area contributed by atoms with Crippen LogP contribution in [0.1, 0.15) is 29.5 Å². The van der Waals surface area contributed by atoms with Crippen LogP contribution in [-0.2, 0) is 19.6 Å². The smallest absolute Gasteiger partial charge is 0.191 e. The van der Waals surface area contributed by atoms with Crippen molar-refractivity contribution >= 4 is 5.96 Å². The van der Waals surface area contributed by atoms with Crippen LogP contribution in [0.4, 0.5) is 0 Å². The molecule has 0 aliphatic carbocycles. The zero-order chi connectivity index (χ0) is 21.3. The third-order valence-electron chi connectivity index (χ3n) is 5.81. The van der Waals surface area contributed by atoms with Crippen molar-refractivity contribution < 1.29 is 0 Å². The predicted molar refractivity (Wildman–Crippen MR) is 126 cm³/mol. The van der Waals surface area contributed by atoms with Crippen molar-refractivity contribution in [1.29, 1.82) is 0 Å². The number of likely N-dealkylation sites (tertiary alicyclic amines) is 1. The summed E-state index contributed by atoms with van der Waals surface area (Å²) in [4.78, 5) is 7.00. The van der Waals surface area contributed by atoms with E-state index in [9.17, 15) is 0 Å². The van der Waals surface area contributed by atoms with E-state index < -0.39 is 0 Å². The first-order valence-electron chi connectivity index (χ1n) is 11.1. The molecule has 1 unspecified atom stereocenters. The molecule has 31 heavy (non-hydrogen) atoms. The summed E-state index contributed by atoms with van der Waals surface area (Å²) in [5, 5.41) is 11.3. The minimum Gasteiger partial charge on any atom is -0.355 e. The first kappa shape index (κ1) is 21.1. The molecule has 2 N–H and O–H groups in total. The van der Waals surface area contributed by atoms with Crippen molar-refractivity contribution in [3.63, 3.8) is 0 Å². The molecule has 0 bridgehead atoms. The van der Waals surface area contributed by atoms with E-state index in [1.54, 1.807) is 0 Å². The maximum atomic E-state index is 4.42. The van der Waals surface area contributed by atoms with Crippen LogP contribution in [0.25, 0.3) is 0 Å². The van der Waals surface area contributed by atoms with Crippen molar-refractivity contribution in [2.75, 3.05) is 20.1 Å². The Morgan fingerprint density at radius 1 is 1.00 bits per heavy atom. The van der Waals surface area contributed by atoms with Gasteiger partial charge < -0.3 is 10.6 Å². The predicted octanol–water partition coefficient (Wildman–Crippen LogP) is 3.26. The number of hydrogen-bond acceptors (Lipinski definition) is 3. The summed E-state index contributed by atoms with van der Waals surface area (Å²) in [5.74, 6) is 0.851. The van der Waals surface area contributed by atoms with Crippen molar-refractivity contribution in [2.45, 2.75) is 38.5 Å². The Balaban J connectivity index is 1.26. The van der Waals surface area contributed by atoms with Crippen molar-refractivity contribution in [2.24, 2.45) is 4.99 Å². The topological polar surface area (TPSA) is 57.5 Å². The van der Waals surface area contributed by atoms with Crippen LogP contribution in [0, 0.1) is 0 Å². The molecule has 1 atom stereocenters. The molecule has 0 radical (unpaired) electrons. The summed E-state index contributed by atoms with van der Waals surface area (Å²) >= 11 is 0. The summed E-state index contributed by atoms with van der Waals surface area (Å²) in [6, 6.07) is 21.8. The Bertz CT molecular complexity index is 951. The third kappa shape index (κ3) is 6.18. The largest absolute Gasteiger partial charge is 0.355 e. The first-order chi connectivity index (χ1) is 15.3. The third-order valence-corrected chi connectivity index (χ3v) is 5.81. The molecule has 6 nitrogen and oxygen atoms in total. The molecule has 1 aliphatic rings. The SMILES string of the molecule is CN=C(NCc1cccc(Cn2cccn2)c1)NCC1CCCN1Cc1ccccc1. The molecule has 0 spiro atoms. The van der Waals surface area contributed by atoms with Crippen LogP contribution in [0.2, 0.25) is 0 Å². The van der Waals surface area contributed by atoms with Gasteiger partial charge in [-0.05, 0) is 42.1 Å². The number of aliphatic imine (C=N–C) groups is 1. The summed E-state index contributed by atoms with van der Waals surface area (Å²) < 4.78 is 1.94. The van der Waals surface area contributed by atoms with E-state index in [1.807, 2.05) is 30.2 Å². The quantitative estimate of drug-likeness (QED) is 0.437. The second kappa shape index (κ2) is 10.8. The highest BCUT2D eigenvalue weighted by molar-refractivity contribution is 5.79. The fraction of sp³-hybridized carbons (Fsp3) is 0.360. The van der Waals surface area contributed by atoms with Gasteiger partial charge in [0.2, 0.25) is 0 Å². The first-order valence-corrected chi connectivity index (χ1v) is 11.1. The Hall–Kier alpha value is -3.12. The number of nitrogens with one attached hydrogen (secondary N) is 2. The summed E-state index contributed by atoms with van der Waals surface area (Å²) in [5.41, 5.74) is 3.86. The molecule has 4 rings (SSSR count). The van der Waals surface area contributed by atoms with Crippen LogP contribution in [0.5, 0.6) is 0 Å². The van der Waals surface area contributed by atoms with Gasteiger partial charge in [0, 0.05) is 45.1 Å². The molecule has 1 aromatic heterocycles. The maximum absolute atomic E-state index is 4.42. The van der Waals surface area contributed by atoms with Crippen LogP contribution in [0.15, 0.2) is 78.0 Å². The average Bonchev–Trinajstić information content (AvgIpc) is 3.47. The van der Waals surface area contributed by atoms with Crippen molar-refractivity contribution in [1.82, 2.24) is 25.3 Å². The lowest BCUT2D eigenvalue weighted by molar-refractivity contribution is 0.245. The van der Waals surface area contributed by atoms with Gasteiger partial charge in [-0.3, -0.25) is 14.6 Å². The van der Waals surface area contributed by atoms with E-state index >= 15 is 0 Å². The van der Waals surface area contributed by atoms with E-state index in [0.29, 0.717) is 6.04 Å². The van der Waals surface area contributed by atoms with Gasteiger partial charge in [0.1, 0.15) is 0 Å². The van der Waals surface area contributed by atoms with Crippen molar-refractivity contribution in [3.8, 4) is 0 Å². The maximum Gasteiger partial charge on any atom is 0.191 e. The normalized spacial score (nSPS) is 17.1. The fourth-order valence-electron chi connectivity index (χ4n) is 4.19. The lowest BCUT2D eigenvalue weighted by Crippen LogP contribution is -2.44. The molecule has 1 fully saturated rings. The van der Waals surface area contributed by atoms with Gasteiger partial charge in [0.05, 0.1) is 6.54 Å². The molecule has 1 aliphatic heterocycles. The molecule has 1 saturated heterocycles. The molecule has 3 aromatic rings. The van der Waals surface area contributed by atoms with Crippen LogP contribution >= 0.6 is 0 Å². The second-order valence-electron chi connectivity index (χ2n) is 8.08. The van der Waals surface area contributed by atoms with Gasteiger partial charge in [-0.2, -0.15) is 5.10 Å². The molecule has 0 saturated carbocycles. The standard InChI is InChI=1S/C25H32N6/c1-26-25(27-17-22-10-5-11-23(16-22)20-31-15-7-13-29-31)28-18-24-12-6-14-30(24)19-21-8-3-2-4-9-21/h2-5,7-11,13,15-16,24H,6,12,14,17-20H2,1H3,(H2,26,27,28). The van der Waals surface area contributed by atoms with Gasteiger partial charge in [0.25, 0.3) is 0 Å². The van der Waals surface area contributed by atoms with Crippen LogP contribution < -0.4 is 10.6 Å². The lowest BCUT2D eigenvalue weighted by Gasteiger charge is -2.25. The van der Waals surface area contributed by atoms with Gasteiger partial charge in [-0.25, -0.2) is 0 Å². The second-order valence-corrected chi connectivity index (χ2v) is 8.08. The number of aromatic nitrogens is 2. The number of nitrogens with zero attached hydrogens (tertiary/aromatic N) is 4. The number of rotatable bonds is 8. The highest BCUT2D eigenvalue weighted by Crippen LogP contribution is 2.19. The fourth-order valence-corrected chi connectivity index (χ4v) is 4.19. The summed E-state index contributed by atoms with van der Waals surface area (Å²) in [6.45, 7) is 4.61. The summed E-state index contributed by atoms with van der Waals surface area (Å²) in [7, 11) is 1.83. The number of guanidine groups is 1.